The van der Waals surface area contributed by atoms with E-state index in [1.165, 1.54) is 11.0 Å². The van der Waals surface area contributed by atoms with Gasteiger partial charge < -0.3 is 14.2 Å². The molecule has 7 nitrogen and oxygen atoms in total. The molecule has 2 amide bonds. The Kier molecular flexibility index (Phi) is 7.69. The van der Waals surface area contributed by atoms with Crippen molar-refractivity contribution < 1.29 is 23.8 Å². The van der Waals surface area contributed by atoms with Crippen molar-refractivity contribution in [2.45, 2.75) is 0 Å². The van der Waals surface area contributed by atoms with Crippen LogP contribution in [0.1, 0.15) is 0 Å². The van der Waals surface area contributed by atoms with Gasteiger partial charge in [-0.15, -0.1) is 6.42 Å². The Morgan fingerprint density at radius 3 is 2.63 bits per heavy atom. The van der Waals surface area contributed by atoms with Crippen LogP contribution >= 0.6 is 0 Å². The first-order valence-corrected chi connectivity index (χ1v) is 8.14. The summed E-state index contributed by atoms with van der Waals surface area (Å²) in [7, 11) is 1.56. The van der Waals surface area contributed by atoms with Gasteiger partial charge in [0, 0.05) is 24.6 Å². The number of hydrogen-bond donors (Lipinski definition) is 1. The number of terminal acetylenes is 1. The molecule has 140 valence electrons. The highest BCUT2D eigenvalue weighted by Crippen LogP contribution is 2.20. The Bertz CT molecular complexity index is 802. The third kappa shape index (κ3) is 6.38. The van der Waals surface area contributed by atoms with E-state index in [-0.39, 0.29) is 12.4 Å². The predicted molar refractivity (Wildman–Crippen MR) is 102 cm³/mol. The van der Waals surface area contributed by atoms with Crippen molar-refractivity contribution in [3.05, 3.63) is 54.6 Å². The van der Waals surface area contributed by atoms with Crippen LogP contribution in [0.2, 0.25) is 0 Å². The molecule has 2 aromatic rings. The summed E-state index contributed by atoms with van der Waals surface area (Å²) in [6.45, 7) is 0.550. The van der Waals surface area contributed by atoms with Crippen molar-refractivity contribution in [1.82, 2.24) is 0 Å². The third-order valence-electron chi connectivity index (χ3n) is 3.38. The number of para-hydroxylation sites is 1. The quantitative estimate of drug-likeness (QED) is 0.757. The number of methoxy groups -OCH3 is 1. The summed E-state index contributed by atoms with van der Waals surface area (Å²) in [5.74, 6) is 2.47. The van der Waals surface area contributed by atoms with Crippen LogP contribution < -0.4 is 15.0 Å². The average Bonchev–Trinajstić information content (AvgIpc) is 2.68. The lowest BCUT2D eigenvalue weighted by molar-refractivity contribution is 0.176. The Hall–Kier alpha value is -3.50. The molecule has 0 bridgehead atoms. The molecule has 0 unspecified atom stereocenters. The SMILES string of the molecule is C#CCOC(=O)Nc1cccc(OC(=O)N(CCOC)c2ccccc2)c1. The van der Waals surface area contributed by atoms with Gasteiger partial charge in [-0.05, 0) is 24.3 Å². The maximum absolute atomic E-state index is 12.6. The second-order valence-electron chi connectivity index (χ2n) is 5.28. The van der Waals surface area contributed by atoms with E-state index in [0.717, 1.165) is 0 Å². The molecule has 0 aliphatic heterocycles. The van der Waals surface area contributed by atoms with E-state index in [1.807, 2.05) is 18.2 Å². The van der Waals surface area contributed by atoms with Crippen LogP contribution in [0, 0.1) is 12.3 Å². The molecule has 2 rings (SSSR count). The fourth-order valence-electron chi connectivity index (χ4n) is 2.17. The van der Waals surface area contributed by atoms with Crippen molar-refractivity contribution >= 4 is 23.6 Å². The van der Waals surface area contributed by atoms with E-state index in [0.29, 0.717) is 24.5 Å². The molecule has 0 aliphatic carbocycles. The Morgan fingerprint density at radius 1 is 1.15 bits per heavy atom. The van der Waals surface area contributed by atoms with E-state index in [1.54, 1.807) is 37.4 Å². The number of carbonyl (C=O) groups is 2. The maximum atomic E-state index is 12.6. The number of rotatable bonds is 7. The highest BCUT2D eigenvalue weighted by molar-refractivity contribution is 5.89. The third-order valence-corrected chi connectivity index (χ3v) is 3.38. The smallest absolute Gasteiger partial charge is 0.419 e. The van der Waals surface area contributed by atoms with Gasteiger partial charge in [0.05, 0.1) is 13.2 Å². The summed E-state index contributed by atoms with van der Waals surface area (Å²) in [6.07, 6.45) is 3.78. The van der Waals surface area contributed by atoms with E-state index < -0.39 is 12.2 Å². The number of ether oxygens (including phenoxy) is 3. The van der Waals surface area contributed by atoms with Gasteiger partial charge >= 0.3 is 12.2 Å². The highest BCUT2D eigenvalue weighted by atomic mass is 16.6. The molecule has 0 radical (unpaired) electrons. The molecule has 7 heteroatoms. The van der Waals surface area contributed by atoms with Crippen molar-refractivity contribution in [2.75, 3.05) is 37.1 Å². The molecule has 0 atom stereocenters. The second kappa shape index (κ2) is 10.5. The fraction of sp³-hybridized carbons (Fsp3) is 0.200. The Balaban J connectivity index is 2.07. The maximum Gasteiger partial charge on any atom is 0.419 e. The van der Waals surface area contributed by atoms with Gasteiger partial charge in [-0.25, -0.2) is 9.59 Å². The molecule has 2 aromatic carbocycles. The minimum absolute atomic E-state index is 0.133. The summed E-state index contributed by atoms with van der Waals surface area (Å²) in [5, 5.41) is 2.50. The highest BCUT2D eigenvalue weighted by Gasteiger charge is 2.18. The first-order chi connectivity index (χ1) is 13.1. The van der Waals surface area contributed by atoms with Gasteiger partial charge in [0.15, 0.2) is 6.61 Å². The van der Waals surface area contributed by atoms with Crippen LogP contribution in [0.25, 0.3) is 0 Å². The van der Waals surface area contributed by atoms with Crippen molar-refractivity contribution in [3.8, 4) is 18.1 Å². The zero-order valence-corrected chi connectivity index (χ0v) is 14.9. The van der Waals surface area contributed by atoms with Gasteiger partial charge in [-0.1, -0.05) is 30.2 Å². The van der Waals surface area contributed by atoms with Crippen LogP contribution in [-0.2, 0) is 9.47 Å². The van der Waals surface area contributed by atoms with Gasteiger partial charge in [0.25, 0.3) is 0 Å². The van der Waals surface area contributed by atoms with E-state index in [9.17, 15) is 9.59 Å². The van der Waals surface area contributed by atoms with Gasteiger partial charge in [-0.3, -0.25) is 10.2 Å². The van der Waals surface area contributed by atoms with E-state index >= 15 is 0 Å². The van der Waals surface area contributed by atoms with Crippen molar-refractivity contribution in [3.63, 3.8) is 0 Å². The number of benzene rings is 2. The summed E-state index contributed by atoms with van der Waals surface area (Å²) >= 11 is 0. The molecule has 0 saturated heterocycles. The van der Waals surface area contributed by atoms with E-state index in [2.05, 4.69) is 11.2 Å². The van der Waals surface area contributed by atoms with Crippen LogP contribution in [0.3, 0.4) is 0 Å². The Morgan fingerprint density at radius 2 is 1.93 bits per heavy atom. The zero-order valence-electron chi connectivity index (χ0n) is 14.9. The molecule has 27 heavy (non-hydrogen) atoms. The first-order valence-electron chi connectivity index (χ1n) is 8.14. The molecular formula is C20H20N2O5. The number of amides is 2. The molecule has 0 spiro atoms. The molecule has 0 aromatic heterocycles. The normalized spacial score (nSPS) is 9.78. The molecule has 0 saturated carbocycles. The van der Waals surface area contributed by atoms with E-state index in [4.69, 9.17) is 20.6 Å². The number of hydrogen-bond acceptors (Lipinski definition) is 5. The molecule has 0 fully saturated rings. The zero-order chi connectivity index (χ0) is 19.5. The lowest BCUT2D eigenvalue weighted by atomic mass is 10.3. The van der Waals surface area contributed by atoms with Crippen molar-refractivity contribution in [1.29, 1.82) is 0 Å². The fourth-order valence-corrected chi connectivity index (χ4v) is 2.17. The summed E-state index contributed by atoms with van der Waals surface area (Å²) < 4.78 is 15.2. The predicted octanol–water partition coefficient (Wildman–Crippen LogP) is 3.52. The monoisotopic (exact) mass is 368 g/mol. The minimum atomic E-state index is -0.692. The van der Waals surface area contributed by atoms with Gasteiger partial charge in [-0.2, -0.15) is 0 Å². The van der Waals surface area contributed by atoms with Crippen molar-refractivity contribution in [2.24, 2.45) is 0 Å². The number of nitrogens with one attached hydrogen (secondary N) is 1. The summed E-state index contributed by atoms with van der Waals surface area (Å²) in [5.41, 5.74) is 1.09. The Labute approximate surface area is 157 Å². The first kappa shape index (κ1) is 19.8. The second-order valence-corrected chi connectivity index (χ2v) is 5.28. The minimum Gasteiger partial charge on any atom is -0.436 e. The number of nitrogens with zero attached hydrogens (tertiary/aromatic N) is 1. The number of carbonyl (C=O) groups excluding carboxylic acids is 2. The van der Waals surface area contributed by atoms with Gasteiger partial charge in [0.1, 0.15) is 5.75 Å². The number of anilines is 2. The summed E-state index contributed by atoms with van der Waals surface area (Å²) in [6, 6.07) is 15.5. The molecule has 0 heterocycles. The lowest BCUT2D eigenvalue weighted by Crippen LogP contribution is -2.36. The van der Waals surface area contributed by atoms with Crippen LogP contribution in [0.15, 0.2) is 54.6 Å². The lowest BCUT2D eigenvalue weighted by Gasteiger charge is -2.21. The van der Waals surface area contributed by atoms with Gasteiger partial charge in [0.2, 0.25) is 0 Å². The molecule has 1 N–H and O–H groups in total. The van der Waals surface area contributed by atoms with Crippen LogP contribution in [0.4, 0.5) is 21.0 Å². The summed E-state index contributed by atoms with van der Waals surface area (Å²) in [4.78, 5) is 25.6. The molecule has 0 aliphatic rings. The largest absolute Gasteiger partial charge is 0.436 e. The van der Waals surface area contributed by atoms with Crippen LogP contribution in [-0.4, -0.2) is 39.1 Å². The van der Waals surface area contributed by atoms with Crippen LogP contribution in [0.5, 0.6) is 5.75 Å². The average molecular weight is 368 g/mol. The standard InChI is InChI=1S/C20H20N2O5/c1-3-13-26-19(23)21-16-8-7-11-18(15-16)27-20(24)22(12-14-25-2)17-9-5-4-6-10-17/h1,4-11,15H,12-14H2,2H3,(H,21,23). The molecular weight excluding hydrogens is 348 g/mol. The topological polar surface area (TPSA) is 77.1 Å².